The van der Waals surface area contributed by atoms with Crippen molar-refractivity contribution in [2.75, 3.05) is 26.8 Å². The number of esters is 1. The lowest BCUT2D eigenvalue weighted by Gasteiger charge is -2.31. The molecule has 1 aliphatic heterocycles. The predicted molar refractivity (Wildman–Crippen MR) is 63.4 cm³/mol. The van der Waals surface area contributed by atoms with Crippen LogP contribution in [0, 0.1) is 11.6 Å². The molecule has 0 radical (unpaired) electrons. The number of hydrogen-bond acceptors (Lipinski definition) is 4. The number of benzene rings is 1. The smallest absolute Gasteiger partial charge is 0.336 e. The Balaban J connectivity index is 2.03. The van der Waals surface area contributed by atoms with E-state index in [1.54, 1.807) is 0 Å². The maximum Gasteiger partial charge on any atom is 0.336 e. The molecule has 2 rings (SSSR count). The zero-order chi connectivity index (χ0) is 13.8. The molecule has 1 atom stereocenters. The van der Waals surface area contributed by atoms with Crippen LogP contribution in [-0.2, 0) is 20.8 Å². The minimum Gasteiger partial charge on any atom is -0.467 e. The molecule has 0 amide bonds. The van der Waals surface area contributed by atoms with Gasteiger partial charge in [-0.25, -0.2) is 13.6 Å². The monoisotopic (exact) mass is 271 g/mol. The van der Waals surface area contributed by atoms with Crippen LogP contribution in [-0.4, -0.2) is 43.8 Å². The molecule has 19 heavy (non-hydrogen) atoms. The molecular weight excluding hydrogens is 256 g/mol. The molecule has 0 bridgehead atoms. The van der Waals surface area contributed by atoms with E-state index in [4.69, 9.17) is 4.74 Å². The maximum atomic E-state index is 13.6. The van der Waals surface area contributed by atoms with Crippen molar-refractivity contribution in [1.82, 2.24) is 4.90 Å². The van der Waals surface area contributed by atoms with Gasteiger partial charge in [0.2, 0.25) is 0 Å². The van der Waals surface area contributed by atoms with Crippen molar-refractivity contribution in [3.63, 3.8) is 0 Å². The third-order valence-corrected chi connectivity index (χ3v) is 3.04. The Labute approximate surface area is 109 Å². The van der Waals surface area contributed by atoms with Gasteiger partial charge in [-0.05, 0) is 6.07 Å². The van der Waals surface area contributed by atoms with Crippen molar-refractivity contribution < 1.29 is 23.0 Å². The molecule has 6 heteroatoms. The summed E-state index contributed by atoms with van der Waals surface area (Å²) in [6, 6.07) is 4.07. The van der Waals surface area contributed by atoms with E-state index >= 15 is 0 Å². The second kappa shape index (κ2) is 6.08. The van der Waals surface area contributed by atoms with Crippen LogP contribution < -0.4 is 0 Å². The van der Waals surface area contributed by atoms with Crippen LogP contribution in [0.2, 0.25) is 0 Å². The summed E-state index contributed by atoms with van der Waals surface area (Å²) < 4.78 is 36.5. The van der Waals surface area contributed by atoms with Crippen molar-refractivity contribution in [3.05, 3.63) is 35.4 Å². The zero-order valence-corrected chi connectivity index (χ0v) is 10.6. The normalized spacial score (nSPS) is 20.3. The summed E-state index contributed by atoms with van der Waals surface area (Å²) in [5.74, 6) is -2.16. The quantitative estimate of drug-likeness (QED) is 0.778. The Hall–Kier alpha value is -1.53. The zero-order valence-electron chi connectivity index (χ0n) is 10.6. The van der Waals surface area contributed by atoms with Crippen LogP contribution in [0.3, 0.4) is 0 Å². The van der Waals surface area contributed by atoms with E-state index < -0.39 is 23.7 Å². The Morgan fingerprint density at radius 3 is 3.05 bits per heavy atom. The van der Waals surface area contributed by atoms with Crippen LogP contribution in [0.4, 0.5) is 8.78 Å². The summed E-state index contributed by atoms with van der Waals surface area (Å²) in [5.41, 5.74) is 0.269. The standard InChI is InChI=1S/C13H15F2NO3/c1-18-13(17)11-8-16(5-6-19-11)7-9-3-2-4-10(14)12(9)15/h2-4,11H,5-8H2,1H3. The van der Waals surface area contributed by atoms with Crippen molar-refractivity contribution in [2.24, 2.45) is 0 Å². The molecule has 1 saturated heterocycles. The molecule has 0 saturated carbocycles. The highest BCUT2D eigenvalue weighted by Gasteiger charge is 2.27. The molecule has 1 heterocycles. The second-order valence-electron chi connectivity index (χ2n) is 4.33. The van der Waals surface area contributed by atoms with E-state index in [1.165, 1.54) is 19.2 Å². The van der Waals surface area contributed by atoms with Gasteiger partial charge in [-0.15, -0.1) is 0 Å². The van der Waals surface area contributed by atoms with Crippen LogP contribution in [0.5, 0.6) is 0 Å². The van der Waals surface area contributed by atoms with E-state index in [-0.39, 0.29) is 12.1 Å². The Kier molecular flexibility index (Phi) is 4.44. The molecule has 1 aromatic carbocycles. The first kappa shape index (κ1) is 13.9. The van der Waals surface area contributed by atoms with Gasteiger partial charge in [-0.3, -0.25) is 4.90 Å². The van der Waals surface area contributed by atoms with Gasteiger partial charge in [0.15, 0.2) is 17.7 Å². The van der Waals surface area contributed by atoms with Gasteiger partial charge in [0.05, 0.1) is 13.7 Å². The highest BCUT2D eigenvalue weighted by atomic mass is 19.2. The van der Waals surface area contributed by atoms with Crippen molar-refractivity contribution >= 4 is 5.97 Å². The Morgan fingerprint density at radius 1 is 1.53 bits per heavy atom. The topological polar surface area (TPSA) is 38.8 Å². The molecular formula is C13H15F2NO3. The van der Waals surface area contributed by atoms with E-state index in [9.17, 15) is 13.6 Å². The lowest BCUT2D eigenvalue weighted by molar-refractivity contribution is -0.160. The average molecular weight is 271 g/mol. The van der Waals surface area contributed by atoms with E-state index in [0.717, 1.165) is 6.07 Å². The summed E-state index contributed by atoms with van der Waals surface area (Å²) in [7, 11) is 1.29. The Bertz CT molecular complexity index is 467. The van der Waals surface area contributed by atoms with Gasteiger partial charge in [0.25, 0.3) is 0 Å². The number of carbonyl (C=O) groups is 1. The first-order valence-electron chi connectivity index (χ1n) is 5.96. The number of halogens is 2. The summed E-state index contributed by atoms with van der Waals surface area (Å²) >= 11 is 0. The van der Waals surface area contributed by atoms with Gasteiger partial charge >= 0.3 is 5.97 Å². The number of nitrogens with zero attached hydrogens (tertiary/aromatic N) is 1. The fraction of sp³-hybridized carbons (Fsp3) is 0.462. The number of carbonyl (C=O) groups excluding carboxylic acids is 1. The number of ether oxygens (including phenoxy) is 2. The molecule has 0 spiro atoms. The number of morpholine rings is 1. The van der Waals surface area contributed by atoms with Crippen LogP contribution in [0.15, 0.2) is 18.2 Å². The third-order valence-electron chi connectivity index (χ3n) is 3.04. The third kappa shape index (κ3) is 3.27. The van der Waals surface area contributed by atoms with Gasteiger partial charge in [0.1, 0.15) is 0 Å². The van der Waals surface area contributed by atoms with Gasteiger partial charge in [-0.2, -0.15) is 0 Å². The SMILES string of the molecule is COC(=O)C1CN(Cc2cccc(F)c2F)CCO1. The fourth-order valence-electron chi connectivity index (χ4n) is 2.03. The number of rotatable bonds is 3. The van der Waals surface area contributed by atoms with Gasteiger partial charge in [0, 0.05) is 25.2 Å². The second-order valence-corrected chi connectivity index (χ2v) is 4.33. The minimum atomic E-state index is -0.865. The first-order chi connectivity index (χ1) is 9.11. The van der Waals surface area contributed by atoms with Crippen LogP contribution in [0.25, 0.3) is 0 Å². The average Bonchev–Trinajstić information content (AvgIpc) is 2.43. The molecule has 104 valence electrons. The summed E-state index contributed by atoms with van der Waals surface area (Å²) in [5, 5.41) is 0. The highest BCUT2D eigenvalue weighted by Crippen LogP contribution is 2.16. The number of hydrogen-bond donors (Lipinski definition) is 0. The van der Waals surface area contributed by atoms with Crippen molar-refractivity contribution in [1.29, 1.82) is 0 Å². The van der Waals surface area contributed by atoms with Crippen LogP contribution >= 0.6 is 0 Å². The molecule has 1 unspecified atom stereocenters. The largest absolute Gasteiger partial charge is 0.467 e. The molecule has 0 N–H and O–H groups in total. The first-order valence-corrected chi connectivity index (χ1v) is 5.96. The van der Waals surface area contributed by atoms with Crippen molar-refractivity contribution in [2.45, 2.75) is 12.6 Å². The summed E-state index contributed by atoms with van der Waals surface area (Å²) in [4.78, 5) is 13.2. The predicted octanol–water partition coefficient (Wildman–Crippen LogP) is 1.34. The van der Waals surface area contributed by atoms with Crippen LogP contribution in [0.1, 0.15) is 5.56 Å². The summed E-state index contributed by atoms with van der Waals surface area (Å²) in [6.07, 6.45) is -0.671. The lowest BCUT2D eigenvalue weighted by atomic mass is 10.1. The van der Waals surface area contributed by atoms with E-state index in [2.05, 4.69) is 4.74 Å². The van der Waals surface area contributed by atoms with E-state index in [1.807, 2.05) is 4.90 Å². The number of methoxy groups -OCH3 is 1. The van der Waals surface area contributed by atoms with Gasteiger partial charge in [-0.1, -0.05) is 12.1 Å². The molecule has 1 aliphatic rings. The van der Waals surface area contributed by atoms with E-state index in [0.29, 0.717) is 19.7 Å². The highest BCUT2D eigenvalue weighted by molar-refractivity contribution is 5.74. The van der Waals surface area contributed by atoms with Gasteiger partial charge < -0.3 is 9.47 Å². The molecule has 1 fully saturated rings. The molecule has 4 nitrogen and oxygen atoms in total. The lowest BCUT2D eigenvalue weighted by Crippen LogP contribution is -2.46. The Morgan fingerprint density at radius 2 is 2.32 bits per heavy atom. The maximum absolute atomic E-state index is 13.6. The molecule has 0 aliphatic carbocycles. The van der Waals surface area contributed by atoms with Crippen molar-refractivity contribution in [3.8, 4) is 0 Å². The summed E-state index contributed by atoms with van der Waals surface area (Å²) in [6.45, 7) is 1.46. The molecule has 1 aromatic rings. The minimum absolute atomic E-state index is 0.237. The molecule has 0 aromatic heterocycles. The fourth-order valence-corrected chi connectivity index (χ4v) is 2.03.